The van der Waals surface area contributed by atoms with Gasteiger partial charge >= 0.3 is 6.09 Å². The quantitative estimate of drug-likeness (QED) is 0.927. The monoisotopic (exact) mass is 293 g/mol. The third kappa shape index (κ3) is 2.89. The lowest BCUT2D eigenvalue weighted by atomic mass is 9.87. The van der Waals surface area contributed by atoms with E-state index in [1.165, 1.54) is 22.3 Å². The number of benzene rings is 2. The predicted molar refractivity (Wildman–Crippen MR) is 88.7 cm³/mol. The Hall–Kier alpha value is -2.55. The Morgan fingerprint density at radius 2 is 1.55 bits per heavy atom. The molecular formula is C19H19NO2. The Kier molecular flexibility index (Phi) is 4.24. The molecule has 1 aliphatic rings. The van der Waals surface area contributed by atoms with E-state index in [9.17, 15) is 4.79 Å². The molecule has 0 saturated carbocycles. The summed E-state index contributed by atoms with van der Waals surface area (Å²) in [7, 11) is 0. The molecule has 22 heavy (non-hydrogen) atoms. The van der Waals surface area contributed by atoms with Gasteiger partial charge in [-0.15, -0.1) is 0 Å². The highest BCUT2D eigenvalue weighted by molar-refractivity contribution is 5.77. The zero-order chi connectivity index (χ0) is 15.4. The van der Waals surface area contributed by atoms with E-state index in [0.717, 1.165) is 0 Å². The number of nitrogens with one attached hydrogen (secondary N) is 1. The Balaban J connectivity index is 1.96. The molecule has 112 valence electrons. The Bertz CT molecular complexity index is 657. The van der Waals surface area contributed by atoms with Gasteiger partial charge in [0.1, 0.15) is 0 Å². The molecule has 0 radical (unpaired) electrons. The van der Waals surface area contributed by atoms with E-state index in [1.807, 2.05) is 24.3 Å². The summed E-state index contributed by atoms with van der Waals surface area (Å²) < 4.78 is 4.97. The van der Waals surface area contributed by atoms with Crippen molar-refractivity contribution in [1.82, 2.24) is 5.32 Å². The molecule has 0 heterocycles. The minimum atomic E-state index is -0.366. The summed E-state index contributed by atoms with van der Waals surface area (Å²) in [6.07, 6.45) is 3.91. The van der Waals surface area contributed by atoms with Crippen LogP contribution >= 0.6 is 0 Å². The molecule has 0 spiro atoms. The summed E-state index contributed by atoms with van der Waals surface area (Å²) in [5.74, 6) is 0.117. The largest absolute Gasteiger partial charge is 0.450 e. The van der Waals surface area contributed by atoms with Gasteiger partial charge in [-0.3, -0.25) is 0 Å². The number of rotatable bonds is 3. The van der Waals surface area contributed by atoms with Crippen LogP contribution in [0.15, 0.2) is 48.5 Å². The maximum atomic E-state index is 11.6. The number of carbonyl (C=O) groups is 1. The standard InChI is InChI=1S/C19H19NO2/c1-2-22-19(21)20-13-18-16-9-5-3-7-14(16)11-12-15-8-4-6-10-17(15)18/h3-12,18H,2,13H2,1H3,(H,20,21). The first-order chi connectivity index (χ1) is 10.8. The average molecular weight is 293 g/mol. The SMILES string of the molecule is CCOC(=O)NCC1c2ccccc2C=Cc2ccccc21. The van der Waals surface area contributed by atoms with Crippen molar-refractivity contribution in [2.75, 3.05) is 13.2 Å². The fourth-order valence-electron chi connectivity index (χ4n) is 2.89. The van der Waals surface area contributed by atoms with E-state index in [-0.39, 0.29) is 12.0 Å². The molecule has 1 N–H and O–H groups in total. The lowest BCUT2D eigenvalue weighted by Gasteiger charge is -2.20. The van der Waals surface area contributed by atoms with Gasteiger partial charge in [-0.2, -0.15) is 0 Å². The number of alkyl carbamates (subject to hydrolysis) is 1. The van der Waals surface area contributed by atoms with E-state index >= 15 is 0 Å². The van der Waals surface area contributed by atoms with Gasteiger partial charge in [0.05, 0.1) is 6.61 Å². The number of carbonyl (C=O) groups excluding carboxylic acids is 1. The van der Waals surface area contributed by atoms with Crippen LogP contribution in [0.25, 0.3) is 12.2 Å². The van der Waals surface area contributed by atoms with E-state index in [4.69, 9.17) is 4.74 Å². The Labute approximate surface area is 130 Å². The van der Waals surface area contributed by atoms with Crippen LogP contribution in [-0.2, 0) is 4.74 Å². The molecule has 1 aliphatic carbocycles. The third-order valence-electron chi connectivity index (χ3n) is 3.91. The van der Waals surface area contributed by atoms with Crippen LogP contribution in [0, 0.1) is 0 Å². The van der Waals surface area contributed by atoms with Gasteiger partial charge in [-0.1, -0.05) is 60.7 Å². The molecule has 3 heteroatoms. The average Bonchev–Trinajstić information content (AvgIpc) is 2.70. The van der Waals surface area contributed by atoms with Gasteiger partial charge < -0.3 is 10.1 Å². The van der Waals surface area contributed by atoms with E-state index in [2.05, 4.69) is 41.7 Å². The molecular weight excluding hydrogens is 274 g/mol. The molecule has 0 aliphatic heterocycles. The second-order valence-corrected chi connectivity index (χ2v) is 5.25. The van der Waals surface area contributed by atoms with Gasteiger partial charge in [0.25, 0.3) is 0 Å². The molecule has 0 saturated heterocycles. The zero-order valence-corrected chi connectivity index (χ0v) is 12.6. The van der Waals surface area contributed by atoms with Gasteiger partial charge in [-0.05, 0) is 29.2 Å². The molecule has 2 aromatic rings. The Morgan fingerprint density at radius 3 is 2.09 bits per heavy atom. The third-order valence-corrected chi connectivity index (χ3v) is 3.91. The second kappa shape index (κ2) is 6.48. The van der Waals surface area contributed by atoms with Crippen molar-refractivity contribution >= 4 is 18.2 Å². The first kappa shape index (κ1) is 14.4. The van der Waals surface area contributed by atoms with Crippen molar-refractivity contribution in [1.29, 1.82) is 0 Å². The normalized spacial score (nSPS) is 13.0. The van der Waals surface area contributed by atoms with Crippen LogP contribution in [0.4, 0.5) is 4.79 Å². The minimum Gasteiger partial charge on any atom is -0.450 e. The lowest BCUT2D eigenvalue weighted by Crippen LogP contribution is -2.29. The summed E-state index contributed by atoms with van der Waals surface area (Å²) in [6.45, 7) is 2.71. The molecule has 0 atom stereocenters. The van der Waals surface area contributed by atoms with Crippen molar-refractivity contribution < 1.29 is 9.53 Å². The summed E-state index contributed by atoms with van der Waals surface area (Å²) in [6, 6.07) is 16.6. The van der Waals surface area contributed by atoms with E-state index in [0.29, 0.717) is 13.2 Å². The van der Waals surface area contributed by atoms with Crippen LogP contribution in [0.2, 0.25) is 0 Å². The highest BCUT2D eigenvalue weighted by Crippen LogP contribution is 2.33. The minimum absolute atomic E-state index is 0.117. The van der Waals surface area contributed by atoms with Gasteiger partial charge in [-0.25, -0.2) is 4.79 Å². The predicted octanol–water partition coefficient (Wildman–Crippen LogP) is 4.05. The van der Waals surface area contributed by atoms with Crippen LogP contribution < -0.4 is 5.32 Å². The highest BCUT2D eigenvalue weighted by Gasteiger charge is 2.21. The van der Waals surface area contributed by atoms with Crippen molar-refractivity contribution in [3.05, 3.63) is 70.8 Å². The number of hydrogen-bond acceptors (Lipinski definition) is 2. The summed E-state index contributed by atoms with van der Waals surface area (Å²) >= 11 is 0. The smallest absolute Gasteiger partial charge is 0.407 e. The summed E-state index contributed by atoms with van der Waals surface area (Å²) in [4.78, 5) is 11.6. The second-order valence-electron chi connectivity index (χ2n) is 5.25. The molecule has 0 bridgehead atoms. The van der Waals surface area contributed by atoms with Gasteiger partial charge in [0.2, 0.25) is 0 Å². The number of amides is 1. The van der Waals surface area contributed by atoms with E-state index in [1.54, 1.807) is 6.92 Å². The van der Waals surface area contributed by atoms with Crippen LogP contribution in [0.3, 0.4) is 0 Å². The number of ether oxygens (including phenoxy) is 1. The van der Waals surface area contributed by atoms with Crippen molar-refractivity contribution in [3.63, 3.8) is 0 Å². The summed E-state index contributed by atoms with van der Waals surface area (Å²) in [5.41, 5.74) is 4.82. The number of fused-ring (bicyclic) bond motifs is 2. The van der Waals surface area contributed by atoms with E-state index < -0.39 is 0 Å². The first-order valence-electron chi connectivity index (χ1n) is 7.56. The highest BCUT2D eigenvalue weighted by atomic mass is 16.5. The zero-order valence-electron chi connectivity index (χ0n) is 12.6. The van der Waals surface area contributed by atoms with Crippen LogP contribution in [0.1, 0.15) is 35.1 Å². The topological polar surface area (TPSA) is 38.3 Å². The molecule has 2 aromatic carbocycles. The van der Waals surface area contributed by atoms with Gasteiger partial charge in [0, 0.05) is 12.5 Å². The van der Waals surface area contributed by atoms with Crippen molar-refractivity contribution in [3.8, 4) is 0 Å². The maximum Gasteiger partial charge on any atom is 0.407 e. The molecule has 3 nitrogen and oxygen atoms in total. The van der Waals surface area contributed by atoms with Crippen LogP contribution in [0.5, 0.6) is 0 Å². The molecule has 3 rings (SSSR count). The fourth-order valence-corrected chi connectivity index (χ4v) is 2.89. The summed E-state index contributed by atoms with van der Waals surface area (Å²) in [5, 5.41) is 2.87. The van der Waals surface area contributed by atoms with Gasteiger partial charge in [0.15, 0.2) is 0 Å². The van der Waals surface area contributed by atoms with Crippen molar-refractivity contribution in [2.45, 2.75) is 12.8 Å². The Morgan fingerprint density at radius 1 is 1.00 bits per heavy atom. The molecule has 0 unspecified atom stereocenters. The van der Waals surface area contributed by atoms with Crippen LogP contribution in [-0.4, -0.2) is 19.2 Å². The maximum absolute atomic E-state index is 11.6. The first-order valence-corrected chi connectivity index (χ1v) is 7.56. The molecule has 0 fully saturated rings. The van der Waals surface area contributed by atoms with Crippen molar-refractivity contribution in [2.24, 2.45) is 0 Å². The lowest BCUT2D eigenvalue weighted by molar-refractivity contribution is 0.152. The molecule has 1 amide bonds. The molecule has 0 aromatic heterocycles. The number of hydrogen-bond donors (Lipinski definition) is 1. The fraction of sp³-hybridized carbons (Fsp3) is 0.211.